The van der Waals surface area contributed by atoms with Crippen molar-refractivity contribution in [1.29, 1.82) is 0 Å². The summed E-state index contributed by atoms with van der Waals surface area (Å²) in [6, 6.07) is 15.5. The quantitative estimate of drug-likeness (QED) is 0.166. The van der Waals surface area contributed by atoms with Gasteiger partial charge in [-0.05, 0) is 55.7 Å². The molecule has 0 saturated carbocycles. The number of carbonyl (C=O) groups is 1. The lowest BCUT2D eigenvalue weighted by Crippen LogP contribution is -2.35. The number of carbonyl (C=O) groups excluding carboxylic acids is 1. The van der Waals surface area contributed by atoms with Gasteiger partial charge < -0.3 is 9.47 Å². The van der Waals surface area contributed by atoms with Crippen molar-refractivity contribution in [2.75, 3.05) is 19.8 Å². The van der Waals surface area contributed by atoms with Gasteiger partial charge in [-0.15, -0.1) is 0 Å². The van der Waals surface area contributed by atoms with Crippen LogP contribution in [-0.2, 0) is 9.53 Å². The largest absolute Gasteiger partial charge is 0.492 e. The number of halogens is 1. The van der Waals surface area contributed by atoms with E-state index in [1.54, 1.807) is 4.90 Å². The topological polar surface area (TPSA) is 56.6 Å². The summed E-state index contributed by atoms with van der Waals surface area (Å²) < 4.78 is 13.9. The Labute approximate surface area is 231 Å². The third-order valence-electron chi connectivity index (χ3n) is 6.29. The molecule has 2 fully saturated rings. The van der Waals surface area contributed by atoms with Gasteiger partial charge in [0.1, 0.15) is 15.8 Å². The van der Waals surface area contributed by atoms with Gasteiger partial charge in [0.05, 0.1) is 34.9 Å². The molecule has 0 N–H and O–H groups in total. The average Bonchev–Trinajstić information content (AvgIpc) is 3.63. The maximum Gasteiger partial charge on any atom is 0.266 e. The minimum absolute atomic E-state index is 0.0402. The van der Waals surface area contributed by atoms with Gasteiger partial charge in [0, 0.05) is 23.9 Å². The van der Waals surface area contributed by atoms with E-state index in [0.29, 0.717) is 33.1 Å². The smallest absolute Gasteiger partial charge is 0.266 e. The summed E-state index contributed by atoms with van der Waals surface area (Å²) in [5.74, 6) is 0.555. The molecule has 192 valence electrons. The van der Waals surface area contributed by atoms with Crippen LogP contribution < -0.4 is 4.74 Å². The van der Waals surface area contributed by atoms with E-state index >= 15 is 0 Å². The number of amides is 1. The summed E-state index contributed by atoms with van der Waals surface area (Å²) in [6.45, 7) is 3.97. The predicted molar refractivity (Wildman–Crippen MR) is 153 cm³/mol. The Morgan fingerprint density at radius 3 is 2.84 bits per heavy atom. The monoisotopic (exact) mass is 553 g/mol. The molecule has 1 unspecified atom stereocenters. The van der Waals surface area contributed by atoms with Crippen LogP contribution in [0.2, 0.25) is 5.02 Å². The van der Waals surface area contributed by atoms with Crippen LogP contribution in [0.4, 0.5) is 0 Å². The van der Waals surface area contributed by atoms with E-state index in [2.05, 4.69) is 6.92 Å². The van der Waals surface area contributed by atoms with E-state index in [1.165, 1.54) is 11.8 Å². The van der Waals surface area contributed by atoms with Crippen LogP contribution in [0.5, 0.6) is 5.75 Å². The lowest BCUT2D eigenvalue weighted by Gasteiger charge is -2.18. The minimum Gasteiger partial charge on any atom is -0.492 e. The number of hydrogen-bond donors (Lipinski definition) is 0. The third kappa shape index (κ3) is 5.93. The lowest BCUT2D eigenvalue weighted by molar-refractivity contribution is -0.123. The van der Waals surface area contributed by atoms with Crippen LogP contribution in [0.15, 0.2) is 59.6 Å². The highest BCUT2D eigenvalue weighted by molar-refractivity contribution is 8.26. The molecule has 6 nitrogen and oxygen atoms in total. The van der Waals surface area contributed by atoms with Gasteiger partial charge in [0.25, 0.3) is 5.91 Å². The van der Waals surface area contributed by atoms with Crippen LogP contribution in [0.25, 0.3) is 23.0 Å². The lowest BCUT2D eigenvalue weighted by atomic mass is 10.1. The second kappa shape index (κ2) is 11.8. The first-order valence-corrected chi connectivity index (χ1v) is 14.1. The summed E-state index contributed by atoms with van der Waals surface area (Å²) in [7, 11) is 0. The number of para-hydroxylation sites is 1. The van der Waals surface area contributed by atoms with Gasteiger partial charge in [0.15, 0.2) is 0 Å². The molecular formula is C28H28ClN3O3S2. The van der Waals surface area contributed by atoms with E-state index in [-0.39, 0.29) is 12.0 Å². The Morgan fingerprint density at radius 2 is 2.11 bits per heavy atom. The van der Waals surface area contributed by atoms with Crippen molar-refractivity contribution in [2.45, 2.75) is 38.7 Å². The Hall–Kier alpha value is -2.65. The molecular weight excluding hydrogens is 526 g/mol. The fourth-order valence-electron chi connectivity index (χ4n) is 4.31. The van der Waals surface area contributed by atoms with Gasteiger partial charge in [0.2, 0.25) is 0 Å². The molecule has 0 bridgehead atoms. The summed E-state index contributed by atoms with van der Waals surface area (Å²) in [4.78, 5) is 15.5. The van der Waals surface area contributed by atoms with Crippen molar-refractivity contribution >= 4 is 51.9 Å². The first-order valence-electron chi connectivity index (χ1n) is 12.5. The zero-order valence-corrected chi connectivity index (χ0v) is 23.0. The molecule has 0 spiro atoms. The summed E-state index contributed by atoms with van der Waals surface area (Å²) in [5, 5.41) is 5.40. The molecule has 2 saturated heterocycles. The fraction of sp³-hybridized carbons (Fsp3) is 0.321. The molecule has 9 heteroatoms. The predicted octanol–water partition coefficient (Wildman–Crippen LogP) is 6.75. The van der Waals surface area contributed by atoms with E-state index in [4.69, 9.17) is 38.4 Å². The maximum absolute atomic E-state index is 13.3. The molecule has 1 atom stereocenters. The van der Waals surface area contributed by atoms with Gasteiger partial charge in [-0.3, -0.25) is 9.69 Å². The molecule has 3 aromatic rings. The Bertz CT molecular complexity index is 1320. The number of ether oxygens (including phenoxy) is 2. The molecule has 37 heavy (non-hydrogen) atoms. The number of thioether (sulfide) groups is 1. The normalized spacial score (nSPS) is 18.8. The molecule has 0 aliphatic carbocycles. The molecule has 2 aromatic carbocycles. The SMILES string of the molecule is CCCCOc1ccc(-c2nn(-c3ccccc3)cc2C=C2SC(=S)N(CC3CCCO3)C2=O)cc1Cl. The van der Waals surface area contributed by atoms with Crippen molar-refractivity contribution in [3.05, 3.63) is 70.2 Å². The fourth-order valence-corrected chi connectivity index (χ4v) is 5.81. The molecule has 1 aromatic heterocycles. The average molecular weight is 554 g/mol. The zero-order valence-electron chi connectivity index (χ0n) is 20.6. The zero-order chi connectivity index (χ0) is 25.8. The standard InChI is InChI=1S/C28H28ClN3O3S2/c1-2-3-13-35-24-12-11-19(15-23(24)29)26-20(17-32(30-26)21-8-5-4-6-9-21)16-25-27(33)31(28(36)37-25)18-22-10-7-14-34-22/h4-6,8-9,11-12,15-17,22H,2-3,7,10,13-14,18H2,1H3. The number of aromatic nitrogens is 2. The third-order valence-corrected chi connectivity index (χ3v) is 7.97. The number of nitrogens with zero attached hydrogens (tertiary/aromatic N) is 3. The maximum atomic E-state index is 13.3. The second-order valence-corrected chi connectivity index (χ2v) is 11.1. The van der Waals surface area contributed by atoms with E-state index in [0.717, 1.165) is 54.8 Å². The van der Waals surface area contributed by atoms with Crippen LogP contribution >= 0.6 is 35.6 Å². The van der Waals surface area contributed by atoms with Gasteiger partial charge >= 0.3 is 0 Å². The molecule has 3 heterocycles. The summed E-state index contributed by atoms with van der Waals surface area (Å²) in [5.41, 5.74) is 3.27. The highest BCUT2D eigenvalue weighted by Crippen LogP contribution is 2.37. The van der Waals surface area contributed by atoms with Crippen molar-refractivity contribution in [2.24, 2.45) is 0 Å². The second-order valence-electron chi connectivity index (χ2n) is 8.99. The molecule has 1 amide bonds. The number of rotatable bonds is 9. The van der Waals surface area contributed by atoms with E-state index in [1.807, 2.05) is 65.5 Å². The first kappa shape index (κ1) is 26.0. The van der Waals surface area contributed by atoms with Crippen molar-refractivity contribution in [3.63, 3.8) is 0 Å². The summed E-state index contributed by atoms with van der Waals surface area (Å²) >= 11 is 13.4. The van der Waals surface area contributed by atoms with Crippen LogP contribution in [0.3, 0.4) is 0 Å². The van der Waals surface area contributed by atoms with E-state index < -0.39 is 0 Å². The molecule has 5 rings (SSSR count). The minimum atomic E-state index is -0.0957. The number of hydrogen-bond acceptors (Lipinski definition) is 6. The van der Waals surface area contributed by atoms with Crippen LogP contribution in [-0.4, -0.2) is 50.8 Å². The molecule has 2 aliphatic rings. The van der Waals surface area contributed by atoms with Crippen LogP contribution in [0.1, 0.15) is 38.2 Å². The highest BCUT2D eigenvalue weighted by atomic mass is 35.5. The first-order chi connectivity index (χ1) is 18.0. The molecule has 2 aliphatic heterocycles. The van der Waals surface area contributed by atoms with Crippen molar-refractivity contribution in [1.82, 2.24) is 14.7 Å². The van der Waals surface area contributed by atoms with Crippen molar-refractivity contribution < 1.29 is 14.3 Å². The Kier molecular flexibility index (Phi) is 8.30. The van der Waals surface area contributed by atoms with E-state index in [9.17, 15) is 4.79 Å². The summed E-state index contributed by atoms with van der Waals surface area (Å²) in [6.07, 6.45) is 7.82. The number of unbranched alkanes of at least 4 members (excludes halogenated alkanes) is 1. The van der Waals surface area contributed by atoms with Gasteiger partial charge in [-0.2, -0.15) is 5.10 Å². The molecule has 0 radical (unpaired) electrons. The Balaban J connectivity index is 1.48. The van der Waals surface area contributed by atoms with Gasteiger partial charge in [-0.1, -0.05) is 67.1 Å². The number of benzene rings is 2. The van der Waals surface area contributed by atoms with Crippen LogP contribution in [0, 0.1) is 0 Å². The number of thiocarbonyl (C=S) groups is 1. The van der Waals surface area contributed by atoms with Crippen molar-refractivity contribution in [3.8, 4) is 22.7 Å². The highest BCUT2D eigenvalue weighted by Gasteiger charge is 2.35. The van der Waals surface area contributed by atoms with Gasteiger partial charge in [-0.25, -0.2) is 4.68 Å². The Morgan fingerprint density at radius 1 is 1.27 bits per heavy atom.